The molecule has 2 aliphatic rings. The Labute approximate surface area is 215 Å². The second-order valence-corrected chi connectivity index (χ2v) is 9.05. The van der Waals surface area contributed by atoms with Crippen LogP contribution in [0.25, 0.3) is 0 Å². The van der Waals surface area contributed by atoms with Gasteiger partial charge < -0.3 is 24.1 Å². The Hall–Kier alpha value is -3.40. The van der Waals surface area contributed by atoms with Gasteiger partial charge in [-0.3, -0.25) is 14.5 Å². The van der Waals surface area contributed by atoms with Gasteiger partial charge in [0.25, 0.3) is 11.8 Å². The zero-order chi connectivity index (χ0) is 25.8. The first-order valence-corrected chi connectivity index (χ1v) is 12.2. The van der Waals surface area contributed by atoms with Gasteiger partial charge in [0, 0.05) is 7.11 Å². The highest BCUT2D eigenvalue weighted by Gasteiger charge is 2.54. The molecule has 1 N–H and O–H groups in total. The molecule has 2 aliphatic heterocycles. The van der Waals surface area contributed by atoms with Crippen LogP contribution in [-0.4, -0.2) is 66.2 Å². The number of methoxy groups -OCH3 is 1. The van der Waals surface area contributed by atoms with E-state index in [4.69, 9.17) is 18.9 Å². The molecule has 2 amide bonds. The topological polar surface area (TPSA) is 94.5 Å². The first-order chi connectivity index (χ1) is 18.1. The van der Waals surface area contributed by atoms with Gasteiger partial charge in [0.1, 0.15) is 24.4 Å². The number of nitrogens with zero attached hydrogens (tertiary/aromatic N) is 1. The molecular formula is C29H29NO7. The van der Waals surface area contributed by atoms with E-state index < -0.39 is 42.5 Å². The first kappa shape index (κ1) is 25.3. The average Bonchev–Trinajstić information content (AvgIpc) is 3.19. The number of carbonyl (C=O) groups is 2. The van der Waals surface area contributed by atoms with E-state index in [0.717, 1.165) is 16.0 Å². The Morgan fingerprint density at radius 3 is 1.92 bits per heavy atom. The predicted octanol–water partition coefficient (Wildman–Crippen LogP) is 3.19. The highest BCUT2D eigenvalue weighted by Crippen LogP contribution is 2.34. The lowest BCUT2D eigenvalue weighted by atomic mass is 9.95. The molecule has 0 spiro atoms. The van der Waals surface area contributed by atoms with Gasteiger partial charge in [-0.2, -0.15) is 0 Å². The van der Waals surface area contributed by atoms with Crippen LogP contribution in [0.15, 0.2) is 84.9 Å². The fourth-order valence-corrected chi connectivity index (χ4v) is 4.81. The zero-order valence-electron chi connectivity index (χ0n) is 20.4. The Morgan fingerprint density at radius 2 is 1.35 bits per heavy atom. The number of hydrogen-bond donors (Lipinski definition) is 1. The summed E-state index contributed by atoms with van der Waals surface area (Å²) in [5.74, 6) is -0.953. The van der Waals surface area contributed by atoms with Crippen LogP contribution in [0.5, 0.6) is 0 Å². The van der Waals surface area contributed by atoms with E-state index in [0.29, 0.717) is 17.7 Å². The predicted molar refractivity (Wildman–Crippen MR) is 134 cm³/mol. The molecule has 1 fully saturated rings. The van der Waals surface area contributed by atoms with Crippen LogP contribution >= 0.6 is 0 Å². The minimum atomic E-state index is -1.19. The quantitative estimate of drug-likeness (QED) is 0.448. The number of carbonyl (C=O) groups excluding carboxylic acids is 2. The van der Waals surface area contributed by atoms with Crippen LogP contribution in [0.1, 0.15) is 31.8 Å². The van der Waals surface area contributed by atoms with Crippen LogP contribution in [0, 0.1) is 0 Å². The number of aliphatic hydroxyl groups is 1. The summed E-state index contributed by atoms with van der Waals surface area (Å²) in [6.45, 7) is 0.564. The van der Waals surface area contributed by atoms with Gasteiger partial charge in [0.2, 0.25) is 0 Å². The second kappa shape index (κ2) is 11.3. The van der Waals surface area contributed by atoms with Crippen LogP contribution < -0.4 is 0 Å². The van der Waals surface area contributed by atoms with Gasteiger partial charge in [0.15, 0.2) is 6.29 Å². The highest BCUT2D eigenvalue weighted by molar-refractivity contribution is 6.21. The van der Waals surface area contributed by atoms with Crippen LogP contribution in [0.4, 0.5) is 0 Å². The molecular weight excluding hydrogens is 474 g/mol. The number of amides is 2. The van der Waals surface area contributed by atoms with E-state index in [9.17, 15) is 14.7 Å². The van der Waals surface area contributed by atoms with Gasteiger partial charge in [-0.15, -0.1) is 0 Å². The van der Waals surface area contributed by atoms with Gasteiger partial charge in [0.05, 0.1) is 30.9 Å². The summed E-state index contributed by atoms with van der Waals surface area (Å²) >= 11 is 0. The number of hydrogen-bond acceptors (Lipinski definition) is 7. The third-order valence-corrected chi connectivity index (χ3v) is 6.68. The molecule has 0 aromatic heterocycles. The molecule has 8 nitrogen and oxygen atoms in total. The fraction of sp³-hybridized carbons (Fsp3) is 0.310. The molecule has 3 aromatic carbocycles. The third kappa shape index (κ3) is 5.20. The van der Waals surface area contributed by atoms with Crippen molar-refractivity contribution < 1.29 is 33.6 Å². The number of benzene rings is 3. The van der Waals surface area contributed by atoms with Crippen LogP contribution in [-0.2, 0) is 32.2 Å². The number of imide groups is 1. The van der Waals surface area contributed by atoms with E-state index in [1.165, 1.54) is 7.11 Å². The van der Waals surface area contributed by atoms with Crippen molar-refractivity contribution in [2.24, 2.45) is 0 Å². The summed E-state index contributed by atoms with van der Waals surface area (Å²) in [5.41, 5.74) is 2.46. The molecule has 37 heavy (non-hydrogen) atoms. The van der Waals surface area contributed by atoms with Crippen molar-refractivity contribution in [3.8, 4) is 0 Å². The van der Waals surface area contributed by atoms with Gasteiger partial charge in [-0.05, 0) is 23.3 Å². The summed E-state index contributed by atoms with van der Waals surface area (Å²) in [6, 6.07) is 24.7. The minimum Gasteiger partial charge on any atom is -0.388 e. The molecule has 5 rings (SSSR count). The Morgan fingerprint density at radius 1 is 0.811 bits per heavy atom. The normalized spacial score (nSPS) is 25.4. The number of aliphatic hydroxyl groups excluding tert-OH is 1. The fourth-order valence-electron chi connectivity index (χ4n) is 4.81. The Balaban J connectivity index is 1.40. The van der Waals surface area contributed by atoms with Crippen LogP contribution in [0.3, 0.4) is 0 Å². The molecule has 2 heterocycles. The lowest BCUT2D eigenvalue weighted by Crippen LogP contribution is -2.66. The van der Waals surface area contributed by atoms with E-state index in [1.54, 1.807) is 24.3 Å². The van der Waals surface area contributed by atoms with Crippen molar-refractivity contribution in [3.63, 3.8) is 0 Å². The summed E-state index contributed by atoms with van der Waals surface area (Å²) in [7, 11) is 1.43. The lowest BCUT2D eigenvalue weighted by Gasteiger charge is -2.46. The van der Waals surface area contributed by atoms with Crippen molar-refractivity contribution >= 4 is 11.8 Å². The minimum absolute atomic E-state index is 0.0654. The van der Waals surface area contributed by atoms with E-state index >= 15 is 0 Å². The maximum Gasteiger partial charge on any atom is 0.262 e. The molecule has 0 saturated carbocycles. The standard InChI is InChI=1S/C29H29NO7/c1-34-29-24(30-27(32)21-14-8-9-15-22(21)28(30)33)26(36-17-20-12-6-3-7-13-20)25(31)23(37-29)18-35-16-19-10-4-2-5-11-19/h2-15,23-26,29,31H,16-18H2,1H3/t23-,24+,25-,26-,29-/m1/s1. The number of ether oxygens (including phenoxy) is 4. The molecule has 1 saturated heterocycles. The van der Waals surface area contributed by atoms with Crippen LogP contribution in [0.2, 0.25) is 0 Å². The summed E-state index contributed by atoms with van der Waals surface area (Å²) in [6.07, 6.45) is -4.01. The Kier molecular flexibility index (Phi) is 7.73. The van der Waals surface area contributed by atoms with Crippen molar-refractivity contribution in [1.82, 2.24) is 4.90 Å². The first-order valence-electron chi connectivity index (χ1n) is 12.2. The van der Waals surface area contributed by atoms with Crippen molar-refractivity contribution in [3.05, 3.63) is 107 Å². The second-order valence-electron chi connectivity index (χ2n) is 9.05. The zero-order valence-corrected chi connectivity index (χ0v) is 20.4. The molecule has 3 aromatic rings. The van der Waals surface area contributed by atoms with Gasteiger partial charge in [-0.25, -0.2) is 0 Å². The van der Waals surface area contributed by atoms with Gasteiger partial charge >= 0.3 is 0 Å². The highest BCUT2D eigenvalue weighted by atomic mass is 16.7. The third-order valence-electron chi connectivity index (χ3n) is 6.68. The molecule has 5 atom stereocenters. The lowest BCUT2D eigenvalue weighted by molar-refractivity contribution is -0.283. The smallest absolute Gasteiger partial charge is 0.262 e. The largest absolute Gasteiger partial charge is 0.388 e. The van der Waals surface area contributed by atoms with Gasteiger partial charge in [-0.1, -0.05) is 72.8 Å². The molecule has 0 unspecified atom stereocenters. The maximum absolute atomic E-state index is 13.3. The van der Waals surface area contributed by atoms with E-state index in [1.807, 2.05) is 60.7 Å². The SMILES string of the molecule is CO[C@@H]1O[C@H](COCc2ccccc2)[C@@H](O)[C@H](OCc2ccccc2)[C@@H]1N1C(=O)c2ccccc2C1=O. The van der Waals surface area contributed by atoms with Crippen molar-refractivity contribution in [2.45, 2.75) is 43.9 Å². The monoisotopic (exact) mass is 503 g/mol. The number of rotatable bonds is 9. The summed E-state index contributed by atoms with van der Waals surface area (Å²) in [5, 5.41) is 11.4. The Bertz CT molecular complexity index is 1180. The van der Waals surface area contributed by atoms with Crippen molar-refractivity contribution in [2.75, 3.05) is 13.7 Å². The number of fused-ring (bicyclic) bond motifs is 1. The molecule has 8 heteroatoms. The molecule has 0 radical (unpaired) electrons. The maximum atomic E-state index is 13.3. The summed E-state index contributed by atoms with van der Waals surface area (Å²) in [4.78, 5) is 27.8. The average molecular weight is 504 g/mol. The molecule has 192 valence electrons. The van der Waals surface area contributed by atoms with E-state index in [2.05, 4.69) is 0 Å². The summed E-state index contributed by atoms with van der Waals surface area (Å²) < 4.78 is 23.7. The van der Waals surface area contributed by atoms with Crippen molar-refractivity contribution in [1.29, 1.82) is 0 Å². The molecule has 0 bridgehead atoms. The van der Waals surface area contributed by atoms with E-state index in [-0.39, 0.29) is 13.2 Å². The molecule has 0 aliphatic carbocycles.